The standard InChI is InChI=1S/C10H8O5S.Na.H/c11-7-3-6-1-2-8(16(13,14)15)5-9(6)10(12)4-7;;/h1-5,11-12H,(H,13,14,15);;/q;+1;-1. The number of phenolic OH excluding ortho intramolecular Hbond substituents is 2. The van der Waals surface area contributed by atoms with Gasteiger partial charge in [0.25, 0.3) is 10.1 Å². The molecular formula is C10H9NaO5S. The fourth-order valence-corrected chi connectivity index (χ4v) is 1.97. The van der Waals surface area contributed by atoms with E-state index in [0.717, 1.165) is 12.1 Å². The van der Waals surface area contributed by atoms with Crippen molar-refractivity contribution in [1.82, 2.24) is 0 Å². The Bertz CT molecular complexity index is 671. The molecule has 7 heteroatoms. The van der Waals surface area contributed by atoms with E-state index in [9.17, 15) is 18.6 Å². The van der Waals surface area contributed by atoms with Crippen LogP contribution in [0.5, 0.6) is 11.5 Å². The van der Waals surface area contributed by atoms with Crippen molar-refractivity contribution in [2.24, 2.45) is 0 Å². The first-order valence-electron chi connectivity index (χ1n) is 4.31. The molecule has 0 amide bonds. The van der Waals surface area contributed by atoms with E-state index in [1.54, 1.807) is 0 Å². The summed E-state index contributed by atoms with van der Waals surface area (Å²) in [6, 6.07) is 6.19. The van der Waals surface area contributed by atoms with Crippen molar-refractivity contribution in [1.29, 1.82) is 0 Å². The molecule has 0 saturated carbocycles. The Morgan fingerprint density at radius 3 is 2.29 bits per heavy atom. The monoisotopic (exact) mass is 264 g/mol. The fraction of sp³-hybridized carbons (Fsp3) is 0. The first-order valence-corrected chi connectivity index (χ1v) is 5.75. The Morgan fingerprint density at radius 2 is 1.71 bits per heavy atom. The molecule has 0 atom stereocenters. The summed E-state index contributed by atoms with van der Waals surface area (Å²) in [6.45, 7) is 0. The molecule has 86 valence electrons. The molecule has 0 aliphatic rings. The average molecular weight is 264 g/mol. The van der Waals surface area contributed by atoms with E-state index in [4.69, 9.17) is 4.55 Å². The summed E-state index contributed by atoms with van der Waals surface area (Å²) in [5.74, 6) is -0.370. The molecule has 0 bridgehead atoms. The minimum absolute atomic E-state index is 0. The largest absolute Gasteiger partial charge is 1.00 e. The Labute approximate surface area is 121 Å². The van der Waals surface area contributed by atoms with E-state index in [1.807, 2.05) is 0 Å². The van der Waals surface area contributed by atoms with Crippen LogP contribution >= 0.6 is 0 Å². The van der Waals surface area contributed by atoms with Gasteiger partial charge in [0.05, 0.1) is 4.90 Å². The molecule has 0 radical (unpaired) electrons. The van der Waals surface area contributed by atoms with Gasteiger partial charge in [0.2, 0.25) is 0 Å². The Morgan fingerprint density at radius 1 is 1.06 bits per heavy atom. The minimum atomic E-state index is -4.29. The second kappa shape index (κ2) is 4.83. The molecule has 0 fully saturated rings. The molecule has 3 N–H and O–H groups in total. The van der Waals surface area contributed by atoms with Crippen molar-refractivity contribution in [3.8, 4) is 11.5 Å². The van der Waals surface area contributed by atoms with Crippen molar-refractivity contribution in [3.05, 3.63) is 30.3 Å². The van der Waals surface area contributed by atoms with Crippen LogP contribution in [0.3, 0.4) is 0 Å². The van der Waals surface area contributed by atoms with Gasteiger partial charge in [0, 0.05) is 11.5 Å². The quantitative estimate of drug-likeness (QED) is 0.435. The maximum Gasteiger partial charge on any atom is 1.00 e. The molecule has 0 saturated heterocycles. The van der Waals surface area contributed by atoms with Gasteiger partial charge in [-0.1, -0.05) is 6.07 Å². The zero-order valence-corrected chi connectivity index (χ0v) is 11.8. The van der Waals surface area contributed by atoms with Gasteiger partial charge < -0.3 is 11.6 Å². The maximum absolute atomic E-state index is 10.9. The first kappa shape index (κ1) is 14.3. The number of rotatable bonds is 1. The molecule has 2 rings (SSSR count). The van der Waals surface area contributed by atoms with E-state index < -0.39 is 10.1 Å². The molecular weight excluding hydrogens is 255 g/mol. The molecule has 17 heavy (non-hydrogen) atoms. The molecule has 2 aromatic rings. The summed E-state index contributed by atoms with van der Waals surface area (Å²) in [4.78, 5) is -0.305. The van der Waals surface area contributed by atoms with Crippen LogP contribution < -0.4 is 29.6 Å². The van der Waals surface area contributed by atoms with Gasteiger partial charge in [0.1, 0.15) is 11.5 Å². The average Bonchev–Trinajstić information content (AvgIpc) is 2.15. The van der Waals surface area contributed by atoms with Gasteiger partial charge in [-0.05, 0) is 23.6 Å². The second-order valence-corrected chi connectivity index (χ2v) is 4.74. The van der Waals surface area contributed by atoms with Crippen LogP contribution in [0.2, 0.25) is 0 Å². The summed E-state index contributed by atoms with van der Waals surface area (Å²) in [5.41, 5.74) is 0. The second-order valence-electron chi connectivity index (χ2n) is 3.32. The SMILES string of the molecule is O=S(=O)(O)c1ccc2cc(O)cc(O)c2c1.[H-].[Na+]. The van der Waals surface area contributed by atoms with Crippen molar-refractivity contribution in [3.63, 3.8) is 0 Å². The molecule has 0 unspecified atom stereocenters. The molecule has 0 heterocycles. The van der Waals surface area contributed by atoms with Crippen LogP contribution in [-0.2, 0) is 10.1 Å². The van der Waals surface area contributed by atoms with Crippen LogP contribution in [0.15, 0.2) is 35.2 Å². The number of phenols is 2. The van der Waals surface area contributed by atoms with Gasteiger partial charge >= 0.3 is 29.6 Å². The molecule has 0 spiro atoms. The molecule has 0 aromatic heterocycles. The Balaban J connectivity index is 0.00000144. The molecule has 0 aliphatic heterocycles. The zero-order chi connectivity index (χ0) is 11.9. The van der Waals surface area contributed by atoms with Gasteiger partial charge in [-0.3, -0.25) is 4.55 Å². The van der Waals surface area contributed by atoms with E-state index in [-0.39, 0.29) is 52.8 Å². The summed E-state index contributed by atoms with van der Waals surface area (Å²) in [7, 11) is -4.29. The van der Waals surface area contributed by atoms with Crippen molar-refractivity contribution in [2.45, 2.75) is 4.90 Å². The van der Waals surface area contributed by atoms with Gasteiger partial charge in [-0.25, -0.2) is 0 Å². The third-order valence-electron chi connectivity index (χ3n) is 2.19. The van der Waals surface area contributed by atoms with Crippen molar-refractivity contribution >= 4 is 20.9 Å². The maximum atomic E-state index is 10.9. The number of benzene rings is 2. The summed E-state index contributed by atoms with van der Waals surface area (Å²) < 4.78 is 30.6. The van der Waals surface area contributed by atoms with Gasteiger partial charge in [0.15, 0.2) is 0 Å². The van der Waals surface area contributed by atoms with Gasteiger partial charge in [-0.2, -0.15) is 8.42 Å². The summed E-state index contributed by atoms with van der Waals surface area (Å²) >= 11 is 0. The third kappa shape index (κ3) is 2.91. The number of hydrogen-bond donors (Lipinski definition) is 3. The van der Waals surface area contributed by atoms with E-state index >= 15 is 0 Å². The van der Waals surface area contributed by atoms with E-state index in [2.05, 4.69) is 0 Å². The first-order chi connectivity index (χ1) is 7.38. The van der Waals surface area contributed by atoms with E-state index in [0.29, 0.717) is 5.39 Å². The Hall–Kier alpha value is -0.790. The molecule has 0 aliphatic carbocycles. The fourth-order valence-electron chi connectivity index (χ4n) is 1.46. The third-order valence-corrected chi connectivity index (χ3v) is 3.04. The van der Waals surface area contributed by atoms with Crippen LogP contribution in [0.4, 0.5) is 0 Å². The van der Waals surface area contributed by atoms with Crippen LogP contribution in [0, 0.1) is 0 Å². The van der Waals surface area contributed by atoms with Gasteiger partial charge in [-0.15, -0.1) is 0 Å². The predicted molar refractivity (Wildman–Crippen MR) is 58.2 cm³/mol. The topological polar surface area (TPSA) is 94.8 Å². The molecule has 2 aromatic carbocycles. The van der Waals surface area contributed by atoms with Crippen LogP contribution in [0.25, 0.3) is 10.8 Å². The summed E-state index contributed by atoms with van der Waals surface area (Å²) in [5, 5.41) is 19.4. The minimum Gasteiger partial charge on any atom is -1.00 e. The normalized spacial score (nSPS) is 11.1. The predicted octanol–water partition coefficient (Wildman–Crippen LogP) is -1.39. The Kier molecular flexibility index (Phi) is 4.06. The van der Waals surface area contributed by atoms with Crippen LogP contribution in [-0.4, -0.2) is 23.2 Å². The number of fused-ring (bicyclic) bond motifs is 1. The number of hydrogen-bond acceptors (Lipinski definition) is 4. The van der Waals surface area contributed by atoms with E-state index in [1.165, 1.54) is 18.2 Å². The smallest absolute Gasteiger partial charge is 1.00 e. The van der Waals surface area contributed by atoms with Crippen molar-refractivity contribution in [2.75, 3.05) is 0 Å². The molecule has 5 nitrogen and oxygen atoms in total. The zero-order valence-electron chi connectivity index (χ0n) is 9.95. The number of aromatic hydroxyl groups is 2. The van der Waals surface area contributed by atoms with Crippen molar-refractivity contribution < 1.29 is 54.2 Å². The summed E-state index contributed by atoms with van der Waals surface area (Å²) in [6.07, 6.45) is 0. The van der Waals surface area contributed by atoms with Crippen LogP contribution in [0.1, 0.15) is 1.43 Å².